The van der Waals surface area contributed by atoms with Gasteiger partial charge in [-0.25, -0.2) is 4.68 Å². The minimum atomic E-state index is -2.50. The number of alkyl halides is 2. The highest BCUT2D eigenvalue weighted by atomic mass is 19.3. The van der Waals surface area contributed by atoms with Crippen LogP contribution in [0.2, 0.25) is 0 Å². The number of aromatic nitrogens is 2. The summed E-state index contributed by atoms with van der Waals surface area (Å²) >= 11 is 0. The molecule has 1 heterocycles. The van der Waals surface area contributed by atoms with Crippen molar-refractivity contribution >= 4 is 0 Å². The molecule has 1 aromatic heterocycles. The SMILES string of the molecule is FC(F)n1ccc(C2CC2)n1. The summed E-state index contributed by atoms with van der Waals surface area (Å²) in [6, 6.07) is 1.67. The van der Waals surface area contributed by atoms with Crippen LogP contribution in [0.25, 0.3) is 0 Å². The maximum absolute atomic E-state index is 12.0. The Hall–Kier alpha value is -0.930. The fraction of sp³-hybridized carbons (Fsp3) is 0.571. The second-order valence-corrected chi connectivity index (χ2v) is 2.77. The molecule has 1 saturated carbocycles. The van der Waals surface area contributed by atoms with E-state index in [2.05, 4.69) is 5.10 Å². The Kier molecular flexibility index (Phi) is 1.41. The van der Waals surface area contributed by atoms with Crippen molar-refractivity contribution in [3.8, 4) is 0 Å². The van der Waals surface area contributed by atoms with Crippen LogP contribution in [0.4, 0.5) is 8.78 Å². The molecule has 0 N–H and O–H groups in total. The molecule has 2 rings (SSSR count). The Morgan fingerprint density at radius 2 is 2.27 bits per heavy atom. The average Bonchev–Trinajstić information content (AvgIpc) is 2.68. The van der Waals surface area contributed by atoms with Gasteiger partial charge in [0.05, 0.1) is 5.69 Å². The third-order valence-corrected chi connectivity index (χ3v) is 1.82. The Morgan fingerprint density at radius 1 is 1.55 bits per heavy atom. The van der Waals surface area contributed by atoms with Gasteiger partial charge in [-0.2, -0.15) is 13.9 Å². The summed E-state index contributed by atoms with van der Waals surface area (Å²) in [5, 5.41) is 3.74. The minimum Gasteiger partial charge on any atom is -0.211 e. The van der Waals surface area contributed by atoms with Crippen molar-refractivity contribution in [1.82, 2.24) is 9.78 Å². The van der Waals surface area contributed by atoms with Gasteiger partial charge in [0.1, 0.15) is 0 Å². The highest BCUT2D eigenvalue weighted by Crippen LogP contribution is 2.39. The summed E-state index contributed by atoms with van der Waals surface area (Å²) in [5.41, 5.74) is 0.810. The summed E-state index contributed by atoms with van der Waals surface area (Å²) in [6.07, 6.45) is 3.53. The number of hydrogen-bond acceptors (Lipinski definition) is 1. The van der Waals surface area contributed by atoms with Gasteiger partial charge in [0.2, 0.25) is 0 Å². The summed E-state index contributed by atoms with van der Waals surface area (Å²) < 4.78 is 24.6. The van der Waals surface area contributed by atoms with Gasteiger partial charge in [0, 0.05) is 12.1 Å². The molecule has 1 aliphatic rings. The standard InChI is InChI=1S/C7H8F2N2/c8-7(9)11-4-3-6(10-11)5-1-2-5/h3-5,7H,1-2H2. The Labute approximate surface area is 62.8 Å². The van der Waals surface area contributed by atoms with E-state index in [1.54, 1.807) is 6.07 Å². The number of rotatable bonds is 2. The van der Waals surface area contributed by atoms with Gasteiger partial charge in [0.15, 0.2) is 0 Å². The van der Waals surface area contributed by atoms with Crippen LogP contribution >= 0.6 is 0 Å². The van der Waals surface area contributed by atoms with E-state index < -0.39 is 6.55 Å². The van der Waals surface area contributed by atoms with Crippen LogP contribution in [0.3, 0.4) is 0 Å². The Bertz CT molecular complexity index is 236. The molecule has 11 heavy (non-hydrogen) atoms. The van der Waals surface area contributed by atoms with Gasteiger partial charge < -0.3 is 0 Å². The largest absolute Gasteiger partial charge is 0.333 e. The summed E-state index contributed by atoms with van der Waals surface area (Å²) in [6.45, 7) is -2.50. The fourth-order valence-electron chi connectivity index (χ4n) is 1.06. The zero-order valence-electron chi connectivity index (χ0n) is 5.87. The number of hydrogen-bond donors (Lipinski definition) is 0. The molecule has 0 spiro atoms. The molecule has 1 fully saturated rings. The van der Waals surface area contributed by atoms with E-state index in [0.717, 1.165) is 18.5 Å². The molecule has 0 amide bonds. The van der Waals surface area contributed by atoms with Crippen molar-refractivity contribution in [2.24, 2.45) is 0 Å². The lowest BCUT2D eigenvalue weighted by Crippen LogP contribution is -1.98. The molecular formula is C7H8F2N2. The van der Waals surface area contributed by atoms with Crippen molar-refractivity contribution in [2.75, 3.05) is 0 Å². The van der Waals surface area contributed by atoms with Gasteiger partial charge in [-0.1, -0.05) is 0 Å². The Morgan fingerprint density at radius 3 is 2.73 bits per heavy atom. The van der Waals surface area contributed by atoms with Gasteiger partial charge in [-0.05, 0) is 18.9 Å². The number of halogens is 2. The van der Waals surface area contributed by atoms with E-state index in [9.17, 15) is 8.78 Å². The van der Waals surface area contributed by atoms with E-state index in [4.69, 9.17) is 0 Å². The summed E-state index contributed by atoms with van der Waals surface area (Å²) in [7, 11) is 0. The molecule has 0 bridgehead atoms. The van der Waals surface area contributed by atoms with Crippen LogP contribution in [-0.4, -0.2) is 9.78 Å². The quantitative estimate of drug-likeness (QED) is 0.644. The van der Waals surface area contributed by atoms with Crippen molar-refractivity contribution < 1.29 is 8.78 Å². The molecule has 0 unspecified atom stereocenters. The van der Waals surface area contributed by atoms with Gasteiger partial charge in [-0.15, -0.1) is 0 Å². The highest BCUT2D eigenvalue weighted by molar-refractivity contribution is 5.12. The van der Waals surface area contributed by atoms with E-state index in [-0.39, 0.29) is 0 Å². The lowest BCUT2D eigenvalue weighted by atomic mass is 10.3. The Balaban J connectivity index is 2.18. The van der Waals surface area contributed by atoms with E-state index >= 15 is 0 Å². The van der Waals surface area contributed by atoms with Crippen molar-refractivity contribution in [2.45, 2.75) is 25.3 Å². The van der Waals surface area contributed by atoms with E-state index in [1.165, 1.54) is 6.20 Å². The van der Waals surface area contributed by atoms with Crippen molar-refractivity contribution in [1.29, 1.82) is 0 Å². The van der Waals surface area contributed by atoms with Gasteiger partial charge in [0.25, 0.3) is 0 Å². The summed E-state index contributed by atoms with van der Waals surface area (Å²) in [4.78, 5) is 0. The topological polar surface area (TPSA) is 17.8 Å². The molecule has 1 aromatic rings. The second-order valence-electron chi connectivity index (χ2n) is 2.77. The van der Waals surface area contributed by atoms with Crippen molar-refractivity contribution in [3.05, 3.63) is 18.0 Å². The molecule has 0 aliphatic heterocycles. The van der Waals surface area contributed by atoms with Crippen LogP contribution in [0.15, 0.2) is 12.3 Å². The van der Waals surface area contributed by atoms with Crippen LogP contribution in [0, 0.1) is 0 Å². The first-order valence-corrected chi connectivity index (χ1v) is 3.60. The molecule has 60 valence electrons. The maximum Gasteiger partial charge on any atom is 0.333 e. The third kappa shape index (κ3) is 1.25. The highest BCUT2D eigenvalue weighted by Gasteiger charge is 2.26. The predicted molar refractivity (Wildman–Crippen MR) is 35.5 cm³/mol. The van der Waals surface area contributed by atoms with Crippen LogP contribution in [-0.2, 0) is 0 Å². The lowest BCUT2D eigenvalue weighted by molar-refractivity contribution is 0.0562. The molecule has 0 atom stereocenters. The van der Waals surface area contributed by atoms with Gasteiger partial charge in [-0.3, -0.25) is 0 Å². The number of nitrogens with zero attached hydrogens (tertiary/aromatic N) is 2. The third-order valence-electron chi connectivity index (χ3n) is 1.82. The van der Waals surface area contributed by atoms with Crippen LogP contribution in [0.5, 0.6) is 0 Å². The zero-order chi connectivity index (χ0) is 7.84. The maximum atomic E-state index is 12.0. The zero-order valence-corrected chi connectivity index (χ0v) is 5.87. The normalized spacial score (nSPS) is 17.7. The van der Waals surface area contributed by atoms with Crippen LogP contribution < -0.4 is 0 Å². The van der Waals surface area contributed by atoms with E-state index in [1.807, 2.05) is 0 Å². The molecule has 0 saturated heterocycles. The molecule has 0 radical (unpaired) electrons. The monoisotopic (exact) mass is 158 g/mol. The first-order valence-electron chi connectivity index (χ1n) is 3.60. The van der Waals surface area contributed by atoms with Crippen LogP contribution in [0.1, 0.15) is 31.0 Å². The predicted octanol–water partition coefficient (Wildman–Crippen LogP) is 2.16. The fourth-order valence-corrected chi connectivity index (χ4v) is 1.06. The summed E-state index contributed by atoms with van der Waals surface area (Å²) in [5.74, 6) is 0.454. The molecule has 2 nitrogen and oxygen atoms in total. The van der Waals surface area contributed by atoms with E-state index in [0.29, 0.717) is 10.6 Å². The molecule has 1 aliphatic carbocycles. The molecule has 0 aromatic carbocycles. The smallest absolute Gasteiger partial charge is 0.211 e. The second kappa shape index (κ2) is 2.29. The molecule has 4 heteroatoms. The van der Waals surface area contributed by atoms with Crippen molar-refractivity contribution in [3.63, 3.8) is 0 Å². The van der Waals surface area contributed by atoms with Gasteiger partial charge >= 0.3 is 6.55 Å². The molecular weight excluding hydrogens is 150 g/mol. The lowest BCUT2D eigenvalue weighted by Gasteiger charge is -1.95. The minimum absolute atomic E-state index is 0.454. The average molecular weight is 158 g/mol. The first kappa shape index (κ1) is 6.76. The first-order chi connectivity index (χ1) is 5.27.